The van der Waals surface area contributed by atoms with Gasteiger partial charge in [-0.2, -0.15) is 5.26 Å². The smallest absolute Gasteiger partial charge is 0.161 e. The molecule has 0 aliphatic carbocycles. The number of aliphatic hydroxyl groups is 1. The molecule has 0 spiro atoms. The molecule has 1 aromatic heterocycles. The maximum absolute atomic E-state index is 9.16. The van der Waals surface area contributed by atoms with Gasteiger partial charge in [-0.25, -0.2) is 0 Å². The largest absolute Gasteiger partial charge is 0.488 e. The van der Waals surface area contributed by atoms with Crippen molar-refractivity contribution >= 4 is 0 Å². The first-order valence-corrected chi connectivity index (χ1v) is 13.1. The molecule has 0 bridgehead atoms. The number of rotatable bonds is 8. The van der Waals surface area contributed by atoms with Crippen molar-refractivity contribution in [3.8, 4) is 46.3 Å². The Morgan fingerprint density at radius 2 is 1.85 bits per heavy atom. The van der Waals surface area contributed by atoms with Crippen molar-refractivity contribution in [1.29, 1.82) is 5.26 Å². The first kappa shape index (κ1) is 26.8. The summed E-state index contributed by atoms with van der Waals surface area (Å²) in [5.74, 6) is 8.84. The third-order valence-corrected chi connectivity index (χ3v) is 6.52. The van der Waals surface area contributed by atoms with E-state index in [9.17, 15) is 0 Å². The maximum atomic E-state index is 9.16. The van der Waals surface area contributed by atoms with Crippen molar-refractivity contribution in [3.05, 3.63) is 106 Å². The first-order chi connectivity index (χ1) is 19.6. The van der Waals surface area contributed by atoms with Crippen LogP contribution in [-0.4, -0.2) is 36.5 Å². The molecule has 1 aliphatic rings. The van der Waals surface area contributed by atoms with E-state index in [0.29, 0.717) is 37.6 Å². The standard InChI is InChI=1S/C33H29N3O4/c1-23-27(3-2-4-30(23)28-9-10-31-33(17-28)39-14-13-38-31)7-5-24-6-8-29(21-35-11-12-37)32(16-24)40-22-26-15-25(18-34)19-36-20-26/h2-4,6,8-10,15-17,19-20,35,37H,11-14,21-22H2,1H3. The number of hydrogen-bond donors (Lipinski definition) is 2. The molecule has 40 heavy (non-hydrogen) atoms. The first-order valence-electron chi connectivity index (χ1n) is 13.1. The summed E-state index contributed by atoms with van der Waals surface area (Å²) in [6, 6.07) is 21.9. The van der Waals surface area contributed by atoms with Crippen LogP contribution in [0.2, 0.25) is 0 Å². The number of aliphatic hydroxyl groups excluding tert-OH is 1. The van der Waals surface area contributed by atoms with Gasteiger partial charge in [0, 0.05) is 47.7 Å². The van der Waals surface area contributed by atoms with Gasteiger partial charge in [0.2, 0.25) is 0 Å². The van der Waals surface area contributed by atoms with E-state index in [1.54, 1.807) is 12.3 Å². The van der Waals surface area contributed by atoms with Crippen molar-refractivity contribution in [2.24, 2.45) is 0 Å². The summed E-state index contributed by atoms with van der Waals surface area (Å²) >= 11 is 0. The van der Waals surface area contributed by atoms with Crippen molar-refractivity contribution in [3.63, 3.8) is 0 Å². The summed E-state index contributed by atoms with van der Waals surface area (Å²) in [4.78, 5) is 4.11. The molecule has 200 valence electrons. The van der Waals surface area contributed by atoms with Gasteiger partial charge in [-0.3, -0.25) is 4.98 Å². The summed E-state index contributed by atoms with van der Waals surface area (Å²) < 4.78 is 17.6. The van der Waals surface area contributed by atoms with Crippen molar-refractivity contribution in [2.75, 3.05) is 26.4 Å². The zero-order valence-corrected chi connectivity index (χ0v) is 22.2. The molecule has 1 aliphatic heterocycles. The maximum Gasteiger partial charge on any atom is 0.161 e. The molecule has 0 atom stereocenters. The third-order valence-electron chi connectivity index (χ3n) is 6.52. The Labute approximate surface area is 234 Å². The average Bonchev–Trinajstić information content (AvgIpc) is 3.00. The molecular formula is C33H29N3O4. The Morgan fingerprint density at radius 3 is 2.70 bits per heavy atom. The van der Waals surface area contributed by atoms with E-state index in [0.717, 1.165) is 50.4 Å². The molecule has 2 N–H and O–H groups in total. The molecule has 0 saturated carbocycles. The highest BCUT2D eigenvalue weighted by atomic mass is 16.6. The van der Waals surface area contributed by atoms with Gasteiger partial charge in [0.1, 0.15) is 31.6 Å². The molecule has 2 heterocycles. The van der Waals surface area contributed by atoms with Crippen LogP contribution in [0.5, 0.6) is 17.2 Å². The number of nitrogens with one attached hydrogen (secondary N) is 1. The van der Waals surface area contributed by atoms with Crippen LogP contribution in [0.25, 0.3) is 11.1 Å². The fourth-order valence-corrected chi connectivity index (χ4v) is 4.44. The van der Waals surface area contributed by atoms with Gasteiger partial charge in [0.25, 0.3) is 0 Å². The second-order valence-corrected chi connectivity index (χ2v) is 9.29. The summed E-state index contributed by atoms with van der Waals surface area (Å²) in [6.45, 7) is 4.52. The molecule has 0 amide bonds. The van der Waals surface area contributed by atoms with Crippen LogP contribution in [0, 0.1) is 30.1 Å². The van der Waals surface area contributed by atoms with Crippen molar-refractivity contribution in [2.45, 2.75) is 20.1 Å². The lowest BCUT2D eigenvalue weighted by Gasteiger charge is -2.19. The molecule has 0 radical (unpaired) electrons. The van der Waals surface area contributed by atoms with E-state index >= 15 is 0 Å². The normalized spacial score (nSPS) is 11.7. The Balaban J connectivity index is 1.40. The summed E-state index contributed by atoms with van der Waals surface area (Å²) in [6.07, 6.45) is 3.21. The van der Waals surface area contributed by atoms with Gasteiger partial charge in [-0.15, -0.1) is 0 Å². The van der Waals surface area contributed by atoms with E-state index in [2.05, 4.69) is 41.2 Å². The lowest BCUT2D eigenvalue weighted by atomic mass is 9.96. The quantitative estimate of drug-likeness (QED) is 0.250. The van der Waals surface area contributed by atoms with E-state index in [4.69, 9.17) is 24.6 Å². The second kappa shape index (κ2) is 12.8. The summed E-state index contributed by atoms with van der Waals surface area (Å²) in [5.41, 5.74) is 7.20. The molecule has 5 rings (SSSR count). The molecule has 3 aromatic carbocycles. The molecule has 4 aromatic rings. The number of pyridine rings is 1. The Hall–Kier alpha value is -4.82. The molecule has 0 unspecified atom stereocenters. The van der Waals surface area contributed by atoms with Gasteiger partial charge in [0.05, 0.1) is 12.2 Å². The SMILES string of the molecule is Cc1c(C#Cc2ccc(CNCCO)c(OCc3cncc(C#N)c3)c2)cccc1-c1ccc2c(c1)OCCO2. The van der Waals surface area contributed by atoms with Gasteiger partial charge in [-0.1, -0.05) is 36.1 Å². The average molecular weight is 532 g/mol. The number of hydrogen-bond acceptors (Lipinski definition) is 7. The van der Waals surface area contributed by atoms with Crippen molar-refractivity contribution < 1.29 is 19.3 Å². The molecule has 0 saturated heterocycles. The van der Waals surface area contributed by atoms with Gasteiger partial charge >= 0.3 is 0 Å². The van der Waals surface area contributed by atoms with Gasteiger partial charge in [-0.05, 0) is 60.0 Å². The molecular weight excluding hydrogens is 502 g/mol. The van der Waals surface area contributed by atoms with E-state index < -0.39 is 0 Å². The van der Waals surface area contributed by atoms with Gasteiger partial charge in [0.15, 0.2) is 11.5 Å². The van der Waals surface area contributed by atoms with Crippen LogP contribution < -0.4 is 19.5 Å². The Kier molecular flexibility index (Phi) is 8.58. The van der Waals surface area contributed by atoms with Crippen LogP contribution in [0.1, 0.15) is 33.4 Å². The fourth-order valence-electron chi connectivity index (χ4n) is 4.44. The number of ether oxygens (including phenoxy) is 3. The summed E-state index contributed by atoms with van der Waals surface area (Å²) in [5, 5.41) is 21.5. The fraction of sp³-hybridized carbons (Fsp3) is 0.212. The second-order valence-electron chi connectivity index (χ2n) is 9.29. The van der Waals surface area contributed by atoms with E-state index in [-0.39, 0.29) is 13.2 Å². The van der Waals surface area contributed by atoms with Crippen LogP contribution in [0.3, 0.4) is 0 Å². The monoisotopic (exact) mass is 531 g/mol. The highest BCUT2D eigenvalue weighted by molar-refractivity contribution is 5.73. The number of nitrogens with zero attached hydrogens (tertiary/aromatic N) is 2. The van der Waals surface area contributed by atoms with E-state index in [1.165, 1.54) is 6.20 Å². The van der Waals surface area contributed by atoms with Crippen molar-refractivity contribution in [1.82, 2.24) is 10.3 Å². The van der Waals surface area contributed by atoms with E-state index in [1.807, 2.05) is 48.5 Å². The number of aromatic nitrogens is 1. The predicted octanol–water partition coefficient (Wildman–Crippen LogP) is 4.76. The van der Waals surface area contributed by atoms with Crippen LogP contribution in [-0.2, 0) is 13.2 Å². The number of benzene rings is 3. The predicted molar refractivity (Wildman–Crippen MR) is 152 cm³/mol. The topological polar surface area (TPSA) is 96.6 Å². The zero-order valence-electron chi connectivity index (χ0n) is 22.2. The number of fused-ring (bicyclic) bond motifs is 1. The lowest BCUT2D eigenvalue weighted by molar-refractivity contribution is 0.171. The zero-order chi connectivity index (χ0) is 27.7. The minimum Gasteiger partial charge on any atom is -0.488 e. The Bertz CT molecular complexity index is 1610. The molecule has 0 fully saturated rings. The minimum atomic E-state index is 0.0526. The van der Waals surface area contributed by atoms with Gasteiger partial charge < -0.3 is 24.6 Å². The van der Waals surface area contributed by atoms with Crippen LogP contribution in [0.4, 0.5) is 0 Å². The highest BCUT2D eigenvalue weighted by Crippen LogP contribution is 2.36. The Morgan fingerprint density at radius 1 is 0.975 bits per heavy atom. The highest BCUT2D eigenvalue weighted by Gasteiger charge is 2.14. The summed E-state index contributed by atoms with van der Waals surface area (Å²) in [7, 11) is 0. The molecule has 7 nitrogen and oxygen atoms in total. The number of nitriles is 1. The third kappa shape index (κ3) is 6.42. The van der Waals surface area contributed by atoms with Crippen LogP contribution >= 0.6 is 0 Å². The van der Waals surface area contributed by atoms with Crippen LogP contribution in [0.15, 0.2) is 73.1 Å². The molecule has 7 heteroatoms. The minimum absolute atomic E-state index is 0.0526. The lowest BCUT2D eigenvalue weighted by Crippen LogP contribution is -2.18.